The van der Waals surface area contributed by atoms with Crippen LogP contribution in [-0.4, -0.2) is 23.0 Å². The zero-order valence-corrected chi connectivity index (χ0v) is 10.7. The van der Waals surface area contributed by atoms with E-state index >= 15 is 0 Å². The summed E-state index contributed by atoms with van der Waals surface area (Å²) < 4.78 is 13.1. The van der Waals surface area contributed by atoms with Crippen molar-refractivity contribution in [2.45, 2.75) is 13.0 Å². The van der Waals surface area contributed by atoms with E-state index in [0.717, 1.165) is 16.8 Å². The molecule has 1 aromatic heterocycles. The number of rotatable bonds is 4. The van der Waals surface area contributed by atoms with Gasteiger partial charge in [0, 0.05) is 35.1 Å². The first-order valence-corrected chi connectivity index (χ1v) is 6.90. The number of aromatic nitrogens is 1. The molecule has 0 aliphatic rings. The van der Waals surface area contributed by atoms with Crippen molar-refractivity contribution in [3.63, 3.8) is 0 Å². The van der Waals surface area contributed by atoms with Crippen LogP contribution in [0.2, 0.25) is 0 Å². The van der Waals surface area contributed by atoms with Gasteiger partial charge in [0.05, 0.1) is 5.52 Å². The highest BCUT2D eigenvalue weighted by molar-refractivity contribution is 7.98. The van der Waals surface area contributed by atoms with Crippen LogP contribution in [0.1, 0.15) is 6.92 Å². The molecule has 90 valence electrons. The molecule has 1 aromatic carbocycles. The minimum Gasteiger partial charge on any atom is -0.381 e. The lowest BCUT2D eigenvalue weighted by atomic mass is 10.1. The molecule has 0 saturated carbocycles. The van der Waals surface area contributed by atoms with Gasteiger partial charge in [-0.3, -0.25) is 4.98 Å². The molecule has 0 radical (unpaired) electrons. The maximum atomic E-state index is 13.1. The number of fused-ring (bicyclic) bond motifs is 1. The first kappa shape index (κ1) is 12.2. The van der Waals surface area contributed by atoms with Crippen molar-refractivity contribution in [3.05, 3.63) is 36.3 Å². The molecular formula is C13H15FN2S. The molecule has 0 amide bonds. The number of anilines is 1. The summed E-state index contributed by atoms with van der Waals surface area (Å²) in [5.74, 6) is 0.782. The van der Waals surface area contributed by atoms with Crippen molar-refractivity contribution < 1.29 is 4.39 Å². The Balaban J connectivity index is 2.34. The van der Waals surface area contributed by atoms with Crippen LogP contribution in [0.25, 0.3) is 10.9 Å². The van der Waals surface area contributed by atoms with E-state index in [1.807, 2.05) is 6.07 Å². The predicted molar refractivity (Wildman–Crippen MR) is 73.2 cm³/mol. The zero-order valence-electron chi connectivity index (χ0n) is 9.90. The van der Waals surface area contributed by atoms with Gasteiger partial charge in [0.25, 0.3) is 0 Å². The summed E-state index contributed by atoms with van der Waals surface area (Å²) in [5.41, 5.74) is 1.70. The Morgan fingerprint density at radius 3 is 3.00 bits per heavy atom. The minimum atomic E-state index is -0.251. The van der Waals surface area contributed by atoms with Crippen molar-refractivity contribution in [2.75, 3.05) is 17.3 Å². The van der Waals surface area contributed by atoms with E-state index in [9.17, 15) is 4.39 Å². The average Bonchev–Trinajstić information content (AvgIpc) is 2.29. The largest absolute Gasteiger partial charge is 0.381 e. The fourth-order valence-corrected chi connectivity index (χ4v) is 2.39. The van der Waals surface area contributed by atoms with Crippen molar-refractivity contribution in [2.24, 2.45) is 0 Å². The molecule has 2 aromatic rings. The van der Waals surface area contributed by atoms with Gasteiger partial charge < -0.3 is 5.32 Å². The Morgan fingerprint density at radius 2 is 2.24 bits per heavy atom. The lowest BCUT2D eigenvalue weighted by Crippen LogP contribution is -2.17. The topological polar surface area (TPSA) is 24.9 Å². The minimum absolute atomic E-state index is 0.251. The number of pyridine rings is 1. The summed E-state index contributed by atoms with van der Waals surface area (Å²) in [7, 11) is 0. The van der Waals surface area contributed by atoms with Gasteiger partial charge in [-0.25, -0.2) is 4.39 Å². The quantitative estimate of drug-likeness (QED) is 0.898. The lowest BCUT2D eigenvalue weighted by molar-refractivity contribution is 0.629. The van der Waals surface area contributed by atoms with Gasteiger partial charge in [-0.1, -0.05) is 0 Å². The summed E-state index contributed by atoms with van der Waals surface area (Å²) in [6, 6.07) is 7.00. The maximum Gasteiger partial charge on any atom is 0.125 e. The Kier molecular flexibility index (Phi) is 3.84. The smallest absolute Gasteiger partial charge is 0.125 e. The fraction of sp³-hybridized carbons (Fsp3) is 0.308. The number of thioether (sulfide) groups is 1. The maximum absolute atomic E-state index is 13.1. The molecule has 0 fully saturated rings. The van der Waals surface area contributed by atoms with Crippen LogP contribution < -0.4 is 5.32 Å². The Bertz CT molecular complexity index is 516. The van der Waals surface area contributed by atoms with Crippen LogP contribution in [0.5, 0.6) is 0 Å². The Morgan fingerprint density at radius 1 is 1.41 bits per heavy atom. The van der Waals surface area contributed by atoms with Gasteiger partial charge in [-0.05, 0) is 31.4 Å². The van der Waals surface area contributed by atoms with E-state index in [0.29, 0.717) is 11.6 Å². The van der Waals surface area contributed by atoms with Gasteiger partial charge >= 0.3 is 0 Å². The molecule has 0 spiro atoms. The SMILES string of the molecule is CSCC(C)Nc1ccnc2cc(F)ccc12. The highest BCUT2D eigenvalue weighted by atomic mass is 32.2. The van der Waals surface area contributed by atoms with Crippen LogP contribution in [0.3, 0.4) is 0 Å². The van der Waals surface area contributed by atoms with Crippen molar-refractivity contribution in [1.82, 2.24) is 4.98 Å². The highest BCUT2D eigenvalue weighted by Gasteiger charge is 2.06. The lowest BCUT2D eigenvalue weighted by Gasteiger charge is -2.15. The number of hydrogen-bond donors (Lipinski definition) is 1. The molecule has 17 heavy (non-hydrogen) atoms. The first-order valence-electron chi connectivity index (χ1n) is 5.50. The molecule has 1 atom stereocenters. The Hall–Kier alpha value is -1.29. The van der Waals surface area contributed by atoms with Crippen LogP contribution in [0.15, 0.2) is 30.5 Å². The van der Waals surface area contributed by atoms with Gasteiger partial charge in [0.1, 0.15) is 5.82 Å². The number of nitrogens with zero attached hydrogens (tertiary/aromatic N) is 1. The molecular weight excluding hydrogens is 235 g/mol. The third-order valence-electron chi connectivity index (χ3n) is 2.52. The van der Waals surface area contributed by atoms with Gasteiger partial charge in [0.15, 0.2) is 0 Å². The van der Waals surface area contributed by atoms with E-state index < -0.39 is 0 Å². The summed E-state index contributed by atoms with van der Waals surface area (Å²) in [5, 5.41) is 4.38. The highest BCUT2D eigenvalue weighted by Crippen LogP contribution is 2.23. The number of nitrogens with one attached hydrogen (secondary N) is 1. The van der Waals surface area contributed by atoms with E-state index in [-0.39, 0.29) is 5.82 Å². The van der Waals surface area contributed by atoms with E-state index in [2.05, 4.69) is 23.5 Å². The fourth-order valence-electron chi connectivity index (χ4n) is 1.80. The average molecular weight is 250 g/mol. The van der Waals surface area contributed by atoms with Crippen molar-refractivity contribution >= 4 is 28.4 Å². The molecule has 1 unspecified atom stereocenters. The van der Waals surface area contributed by atoms with Crippen LogP contribution in [-0.2, 0) is 0 Å². The summed E-state index contributed by atoms with van der Waals surface area (Å²) in [6.45, 7) is 2.13. The number of benzene rings is 1. The molecule has 4 heteroatoms. The second-order valence-electron chi connectivity index (χ2n) is 4.02. The molecule has 0 bridgehead atoms. The Labute approximate surface area is 105 Å². The second-order valence-corrected chi connectivity index (χ2v) is 4.93. The summed E-state index contributed by atoms with van der Waals surface area (Å²) in [4.78, 5) is 4.17. The normalized spacial score (nSPS) is 12.6. The van der Waals surface area contributed by atoms with Crippen LogP contribution in [0, 0.1) is 5.82 Å². The van der Waals surface area contributed by atoms with E-state index in [4.69, 9.17) is 0 Å². The van der Waals surface area contributed by atoms with Gasteiger partial charge in [-0.2, -0.15) is 11.8 Å². The zero-order chi connectivity index (χ0) is 12.3. The molecule has 0 saturated heterocycles. The van der Waals surface area contributed by atoms with E-state index in [1.54, 1.807) is 24.0 Å². The molecule has 0 aliphatic heterocycles. The monoisotopic (exact) mass is 250 g/mol. The second kappa shape index (κ2) is 5.36. The number of hydrogen-bond acceptors (Lipinski definition) is 3. The predicted octanol–water partition coefficient (Wildman–Crippen LogP) is 3.54. The number of halogens is 1. The molecule has 2 rings (SSSR count). The molecule has 1 N–H and O–H groups in total. The standard InChI is InChI=1S/C13H15FN2S/c1-9(8-17-2)16-12-5-6-15-13-7-10(14)3-4-11(12)13/h3-7,9H,8H2,1-2H3,(H,15,16). The third kappa shape index (κ3) is 2.88. The third-order valence-corrected chi connectivity index (χ3v) is 3.36. The van der Waals surface area contributed by atoms with Gasteiger partial charge in [0.2, 0.25) is 0 Å². The first-order chi connectivity index (χ1) is 8.20. The molecule has 0 aliphatic carbocycles. The van der Waals surface area contributed by atoms with Crippen molar-refractivity contribution in [1.29, 1.82) is 0 Å². The molecule has 2 nitrogen and oxygen atoms in total. The van der Waals surface area contributed by atoms with E-state index in [1.165, 1.54) is 12.1 Å². The molecule has 1 heterocycles. The summed E-state index contributed by atoms with van der Waals surface area (Å²) in [6.07, 6.45) is 3.79. The van der Waals surface area contributed by atoms with Crippen molar-refractivity contribution in [3.8, 4) is 0 Å². The van der Waals surface area contributed by atoms with Gasteiger partial charge in [-0.15, -0.1) is 0 Å². The van der Waals surface area contributed by atoms with Crippen LogP contribution >= 0.6 is 11.8 Å². The van der Waals surface area contributed by atoms with Crippen LogP contribution in [0.4, 0.5) is 10.1 Å². The summed E-state index contributed by atoms with van der Waals surface area (Å²) >= 11 is 1.80.